The van der Waals surface area contributed by atoms with Gasteiger partial charge in [0.15, 0.2) is 0 Å². The van der Waals surface area contributed by atoms with Crippen LogP contribution in [0.4, 0.5) is 0 Å². The van der Waals surface area contributed by atoms with Gasteiger partial charge in [-0.3, -0.25) is 0 Å². The van der Waals surface area contributed by atoms with E-state index < -0.39 is 27.7 Å². The summed E-state index contributed by atoms with van der Waals surface area (Å²) in [4.78, 5) is 0. The molecule has 11 heavy (non-hydrogen) atoms. The van der Waals surface area contributed by atoms with Gasteiger partial charge in [0.25, 0.3) is 0 Å². The first-order valence-electron chi connectivity index (χ1n) is 5.96. The Balaban J connectivity index is 3.27. The SMILES string of the molecule is [2H]C([2H])(C)C1([2H])[Si](C)(C)CC[Si]1(C)C. The van der Waals surface area contributed by atoms with Crippen molar-refractivity contribution in [3.63, 3.8) is 0 Å². The molecule has 0 spiro atoms. The fourth-order valence-corrected chi connectivity index (χ4v) is 17.4. The van der Waals surface area contributed by atoms with Gasteiger partial charge < -0.3 is 0 Å². The maximum absolute atomic E-state index is 8.69. The minimum Gasteiger partial charge on any atom is -0.0694 e. The van der Waals surface area contributed by atoms with Crippen LogP contribution in [0, 0.1) is 0 Å². The van der Waals surface area contributed by atoms with E-state index in [0.29, 0.717) is 0 Å². The normalized spacial score (nSPS) is 37.4. The van der Waals surface area contributed by atoms with Crippen molar-refractivity contribution in [3.8, 4) is 0 Å². The maximum atomic E-state index is 8.69. The summed E-state index contributed by atoms with van der Waals surface area (Å²) in [7, 11) is -3.42. The van der Waals surface area contributed by atoms with E-state index in [9.17, 15) is 0 Å². The lowest BCUT2D eigenvalue weighted by atomic mass is 10.6. The maximum Gasteiger partial charge on any atom is 0.0475 e. The molecule has 1 aliphatic rings. The second kappa shape index (κ2) is 2.73. The van der Waals surface area contributed by atoms with Gasteiger partial charge in [0.1, 0.15) is 0 Å². The second-order valence-corrected chi connectivity index (χ2v) is 14.9. The lowest BCUT2D eigenvalue weighted by molar-refractivity contribution is 0.963. The molecule has 0 unspecified atom stereocenters. The molecule has 66 valence electrons. The average molecular weight is 189 g/mol. The van der Waals surface area contributed by atoms with E-state index >= 15 is 0 Å². The summed E-state index contributed by atoms with van der Waals surface area (Å²) in [5.41, 5.74) is 0. The summed E-state index contributed by atoms with van der Waals surface area (Å²) in [5, 5.41) is -0.715. The Bertz CT molecular complexity index is 227. The van der Waals surface area contributed by atoms with Crippen LogP contribution in [-0.2, 0) is 0 Å². The van der Waals surface area contributed by atoms with Gasteiger partial charge in [-0.15, -0.1) is 0 Å². The van der Waals surface area contributed by atoms with Crippen molar-refractivity contribution in [2.45, 2.75) is 56.7 Å². The Labute approximate surface area is 77.6 Å². The lowest BCUT2D eigenvalue weighted by Crippen LogP contribution is -2.37. The van der Waals surface area contributed by atoms with Crippen molar-refractivity contribution in [3.05, 3.63) is 0 Å². The Morgan fingerprint density at radius 3 is 1.82 bits per heavy atom. The van der Waals surface area contributed by atoms with E-state index in [4.69, 9.17) is 4.11 Å². The monoisotopic (exact) mass is 189 g/mol. The first-order chi connectivity index (χ1) is 5.96. The number of rotatable bonds is 1. The Hall–Kier alpha value is 0.434. The molecule has 1 fully saturated rings. The molecule has 0 nitrogen and oxygen atoms in total. The van der Waals surface area contributed by atoms with E-state index in [2.05, 4.69) is 26.2 Å². The fraction of sp³-hybridized carbons (Fsp3) is 1.00. The molecule has 1 heterocycles. The summed E-state index contributed by atoms with van der Waals surface area (Å²) >= 11 is 0. The molecular formula is C9H22Si2. The van der Waals surface area contributed by atoms with Crippen LogP contribution in [0.1, 0.15) is 17.4 Å². The van der Waals surface area contributed by atoms with Crippen molar-refractivity contribution in [2.24, 2.45) is 0 Å². The van der Waals surface area contributed by atoms with E-state index in [-0.39, 0.29) is 0 Å². The van der Waals surface area contributed by atoms with E-state index in [1.54, 1.807) is 6.92 Å². The molecule has 1 rings (SSSR count). The average Bonchev–Trinajstić information content (AvgIpc) is 2.11. The zero-order valence-electron chi connectivity index (χ0n) is 11.4. The molecule has 0 atom stereocenters. The van der Waals surface area contributed by atoms with Gasteiger partial charge in [-0.05, 0) is 5.14 Å². The smallest absolute Gasteiger partial charge is 0.0475 e. The standard InChI is InChI=1S/C9H22Si2/c1-6-9-10(2,3)7-8-11(9,4)5/h9H,6-8H2,1-5H3/i6D2,9D. The Kier molecular flexibility index (Phi) is 1.48. The molecule has 0 aromatic carbocycles. The van der Waals surface area contributed by atoms with Crippen molar-refractivity contribution < 1.29 is 4.11 Å². The lowest BCUT2D eigenvalue weighted by Gasteiger charge is -2.31. The molecule has 0 aromatic rings. The summed E-state index contributed by atoms with van der Waals surface area (Å²) < 4.78 is 24.7. The molecule has 1 aliphatic heterocycles. The molecule has 0 bridgehead atoms. The summed E-state index contributed by atoms with van der Waals surface area (Å²) in [6.45, 7) is 10.4. The van der Waals surface area contributed by atoms with Gasteiger partial charge in [0.05, 0.1) is 0 Å². The minimum absolute atomic E-state index is 0.715. The van der Waals surface area contributed by atoms with Gasteiger partial charge in [0.2, 0.25) is 0 Å². The molecule has 0 amide bonds. The van der Waals surface area contributed by atoms with Crippen LogP contribution in [0.5, 0.6) is 0 Å². The second-order valence-electron chi connectivity index (χ2n) is 4.89. The highest BCUT2D eigenvalue weighted by molar-refractivity contribution is 7.01. The molecule has 0 radical (unpaired) electrons. The van der Waals surface area contributed by atoms with Crippen LogP contribution in [-0.4, -0.2) is 16.1 Å². The first kappa shape index (κ1) is 5.97. The summed E-state index contributed by atoms with van der Waals surface area (Å²) in [6.07, 6.45) is -1.32. The molecule has 2 heteroatoms. The van der Waals surface area contributed by atoms with Crippen LogP contribution in [0.25, 0.3) is 0 Å². The van der Waals surface area contributed by atoms with Crippen molar-refractivity contribution in [1.82, 2.24) is 0 Å². The van der Waals surface area contributed by atoms with Crippen LogP contribution < -0.4 is 0 Å². The van der Waals surface area contributed by atoms with E-state index in [0.717, 1.165) is 12.1 Å². The van der Waals surface area contributed by atoms with Crippen LogP contribution in [0.3, 0.4) is 0 Å². The van der Waals surface area contributed by atoms with Crippen molar-refractivity contribution in [1.29, 1.82) is 0 Å². The molecular weight excluding hydrogens is 164 g/mol. The highest BCUT2D eigenvalue weighted by Crippen LogP contribution is 2.47. The molecule has 1 saturated heterocycles. The van der Waals surface area contributed by atoms with Gasteiger partial charge in [-0.2, -0.15) is 0 Å². The van der Waals surface area contributed by atoms with Gasteiger partial charge in [-0.25, -0.2) is 0 Å². The third-order valence-electron chi connectivity index (χ3n) is 2.98. The van der Waals surface area contributed by atoms with Crippen molar-refractivity contribution >= 4 is 16.1 Å². The topological polar surface area (TPSA) is 0 Å². The van der Waals surface area contributed by atoms with Gasteiger partial charge in [0, 0.05) is 20.3 Å². The van der Waals surface area contributed by atoms with E-state index in [1.807, 2.05) is 0 Å². The van der Waals surface area contributed by atoms with Crippen LogP contribution in [0.2, 0.25) is 43.4 Å². The summed E-state index contributed by atoms with van der Waals surface area (Å²) in [5.74, 6) is 0. The molecule has 0 saturated carbocycles. The third kappa shape index (κ3) is 1.62. The number of hydrogen-bond donors (Lipinski definition) is 0. The predicted molar refractivity (Wildman–Crippen MR) is 58.6 cm³/mol. The van der Waals surface area contributed by atoms with Crippen LogP contribution in [0.15, 0.2) is 0 Å². The Morgan fingerprint density at radius 1 is 1.27 bits per heavy atom. The molecule has 0 aromatic heterocycles. The first-order valence-corrected chi connectivity index (χ1v) is 10.9. The molecule has 0 N–H and O–H groups in total. The zero-order chi connectivity index (χ0) is 11.4. The van der Waals surface area contributed by atoms with Gasteiger partial charge >= 0.3 is 0 Å². The van der Waals surface area contributed by atoms with Gasteiger partial charge in [-0.1, -0.05) is 51.6 Å². The minimum atomic E-state index is -1.71. The van der Waals surface area contributed by atoms with E-state index in [1.165, 1.54) is 0 Å². The fourth-order valence-electron chi connectivity index (χ4n) is 2.47. The highest BCUT2D eigenvalue weighted by Gasteiger charge is 2.47. The third-order valence-corrected chi connectivity index (χ3v) is 13.7. The molecule has 0 aliphatic carbocycles. The van der Waals surface area contributed by atoms with Crippen LogP contribution >= 0.6 is 0 Å². The Morgan fingerprint density at radius 2 is 1.64 bits per heavy atom. The highest BCUT2D eigenvalue weighted by atomic mass is 28.4. The van der Waals surface area contributed by atoms with Crippen molar-refractivity contribution in [2.75, 3.05) is 0 Å². The predicted octanol–water partition coefficient (Wildman–Crippen LogP) is 3.74. The summed E-state index contributed by atoms with van der Waals surface area (Å²) in [6, 6.07) is 2.28. The largest absolute Gasteiger partial charge is 0.0694 e. The quantitative estimate of drug-likeness (QED) is 0.551. The zero-order valence-corrected chi connectivity index (χ0v) is 10.4. The number of hydrogen-bond acceptors (Lipinski definition) is 0.